The standard InChI is InChI=1S/C12H13N3O5/c1-7-10(11(16)17)4-9(20-7)6-14-12(18)13-5-8-2-3-19-15-8/h2-4H,5-6H2,1H3,(H,16,17)(H2,13,14,18). The third-order valence-electron chi connectivity index (χ3n) is 2.54. The molecule has 0 saturated carbocycles. The molecule has 0 atom stereocenters. The highest BCUT2D eigenvalue weighted by Crippen LogP contribution is 2.14. The van der Waals surface area contributed by atoms with Crippen molar-refractivity contribution < 1.29 is 23.6 Å². The van der Waals surface area contributed by atoms with E-state index in [-0.39, 0.29) is 18.7 Å². The predicted molar refractivity (Wildman–Crippen MR) is 66.0 cm³/mol. The summed E-state index contributed by atoms with van der Waals surface area (Å²) in [6.45, 7) is 1.89. The summed E-state index contributed by atoms with van der Waals surface area (Å²) in [5.41, 5.74) is 0.687. The average Bonchev–Trinajstić information content (AvgIpc) is 3.03. The van der Waals surface area contributed by atoms with Crippen LogP contribution in [0, 0.1) is 6.92 Å². The Morgan fingerprint density at radius 3 is 2.70 bits per heavy atom. The number of urea groups is 1. The first-order valence-electron chi connectivity index (χ1n) is 5.80. The monoisotopic (exact) mass is 279 g/mol. The maximum atomic E-state index is 11.5. The largest absolute Gasteiger partial charge is 0.478 e. The van der Waals surface area contributed by atoms with Crippen molar-refractivity contribution in [2.24, 2.45) is 0 Å². The molecule has 0 bridgehead atoms. The van der Waals surface area contributed by atoms with Crippen LogP contribution in [0.4, 0.5) is 4.79 Å². The number of carbonyl (C=O) groups is 2. The quantitative estimate of drug-likeness (QED) is 0.758. The van der Waals surface area contributed by atoms with E-state index in [4.69, 9.17) is 9.52 Å². The second kappa shape index (κ2) is 5.91. The Morgan fingerprint density at radius 1 is 1.35 bits per heavy atom. The molecule has 106 valence electrons. The zero-order chi connectivity index (χ0) is 14.5. The number of carboxylic acid groups (broad SMARTS) is 1. The number of aromatic nitrogens is 1. The summed E-state index contributed by atoms with van der Waals surface area (Å²) in [5.74, 6) is -0.387. The number of amides is 2. The number of carboxylic acids is 1. The van der Waals surface area contributed by atoms with E-state index in [9.17, 15) is 9.59 Å². The number of nitrogens with one attached hydrogen (secondary N) is 2. The van der Waals surface area contributed by atoms with Crippen LogP contribution in [0.1, 0.15) is 27.6 Å². The molecule has 0 aliphatic heterocycles. The van der Waals surface area contributed by atoms with E-state index in [0.29, 0.717) is 17.2 Å². The molecule has 8 heteroatoms. The van der Waals surface area contributed by atoms with Crippen molar-refractivity contribution in [1.82, 2.24) is 15.8 Å². The SMILES string of the molecule is Cc1oc(CNC(=O)NCc2ccon2)cc1C(=O)O. The fourth-order valence-electron chi connectivity index (χ4n) is 1.57. The predicted octanol–water partition coefficient (Wildman–Crippen LogP) is 1.27. The van der Waals surface area contributed by atoms with Gasteiger partial charge in [0, 0.05) is 6.07 Å². The van der Waals surface area contributed by atoms with Crippen LogP contribution in [0.2, 0.25) is 0 Å². The molecule has 2 aromatic heterocycles. The number of aryl methyl sites for hydroxylation is 1. The van der Waals surface area contributed by atoms with E-state index in [0.717, 1.165) is 0 Å². The normalized spacial score (nSPS) is 10.2. The van der Waals surface area contributed by atoms with E-state index in [1.807, 2.05) is 0 Å². The molecule has 2 aromatic rings. The van der Waals surface area contributed by atoms with Gasteiger partial charge in [-0.15, -0.1) is 0 Å². The van der Waals surface area contributed by atoms with Gasteiger partial charge in [0.15, 0.2) is 0 Å². The van der Waals surface area contributed by atoms with Gasteiger partial charge in [-0.25, -0.2) is 9.59 Å². The van der Waals surface area contributed by atoms with Crippen molar-refractivity contribution in [2.45, 2.75) is 20.0 Å². The third-order valence-corrected chi connectivity index (χ3v) is 2.54. The summed E-state index contributed by atoms with van der Waals surface area (Å²) in [5, 5.41) is 17.6. The molecule has 0 saturated heterocycles. The Labute approximate surface area is 113 Å². The summed E-state index contributed by atoms with van der Waals surface area (Å²) >= 11 is 0. The van der Waals surface area contributed by atoms with Gasteiger partial charge in [-0.05, 0) is 13.0 Å². The van der Waals surface area contributed by atoms with Crippen LogP contribution < -0.4 is 10.6 Å². The summed E-state index contributed by atoms with van der Waals surface area (Å²) < 4.78 is 9.85. The molecule has 0 fully saturated rings. The average molecular weight is 279 g/mol. The van der Waals surface area contributed by atoms with Crippen LogP contribution in [0.25, 0.3) is 0 Å². The van der Waals surface area contributed by atoms with Crippen molar-refractivity contribution in [1.29, 1.82) is 0 Å². The second-order valence-corrected chi connectivity index (χ2v) is 4.01. The fraction of sp³-hybridized carbons (Fsp3) is 0.250. The first-order chi connectivity index (χ1) is 9.56. The van der Waals surface area contributed by atoms with Gasteiger partial charge in [0.25, 0.3) is 0 Å². The molecule has 2 amide bonds. The van der Waals surface area contributed by atoms with Crippen molar-refractivity contribution in [3.63, 3.8) is 0 Å². The lowest BCUT2D eigenvalue weighted by Gasteiger charge is -2.04. The van der Waals surface area contributed by atoms with E-state index in [2.05, 4.69) is 20.3 Å². The molecule has 0 aromatic carbocycles. The van der Waals surface area contributed by atoms with Gasteiger partial charge < -0.3 is 24.7 Å². The number of furan rings is 1. The molecule has 0 spiro atoms. The Hall–Kier alpha value is -2.77. The molecule has 3 N–H and O–H groups in total. The number of hydrogen-bond donors (Lipinski definition) is 3. The summed E-state index contributed by atoms with van der Waals surface area (Å²) in [6, 6.07) is 2.60. The molecule has 0 aliphatic rings. The van der Waals surface area contributed by atoms with E-state index < -0.39 is 12.0 Å². The smallest absolute Gasteiger partial charge is 0.339 e. The maximum absolute atomic E-state index is 11.5. The Balaban J connectivity index is 1.81. The minimum Gasteiger partial charge on any atom is -0.478 e. The second-order valence-electron chi connectivity index (χ2n) is 4.01. The highest BCUT2D eigenvalue weighted by molar-refractivity contribution is 5.88. The van der Waals surface area contributed by atoms with E-state index in [1.54, 1.807) is 13.0 Å². The van der Waals surface area contributed by atoms with Gasteiger partial charge in [-0.1, -0.05) is 5.16 Å². The van der Waals surface area contributed by atoms with Crippen LogP contribution in [0.3, 0.4) is 0 Å². The topological polar surface area (TPSA) is 118 Å². The molecule has 8 nitrogen and oxygen atoms in total. The molecule has 0 radical (unpaired) electrons. The lowest BCUT2D eigenvalue weighted by Crippen LogP contribution is -2.34. The highest BCUT2D eigenvalue weighted by atomic mass is 16.5. The van der Waals surface area contributed by atoms with Gasteiger partial charge in [0.2, 0.25) is 0 Å². The van der Waals surface area contributed by atoms with Crippen LogP contribution in [0.5, 0.6) is 0 Å². The van der Waals surface area contributed by atoms with E-state index >= 15 is 0 Å². The molecule has 0 unspecified atom stereocenters. The first kappa shape index (κ1) is 13.7. The molecular weight excluding hydrogens is 266 g/mol. The summed E-state index contributed by atoms with van der Waals surface area (Å²) in [6.07, 6.45) is 1.41. The zero-order valence-corrected chi connectivity index (χ0v) is 10.7. The van der Waals surface area contributed by atoms with Gasteiger partial charge >= 0.3 is 12.0 Å². The van der Waals surface area contributed by atoms with Crippen LogP contribution >= 0.6 is 0 Å². The fourth-order valence-corrected chi connectivity index (χ4v) is 1.57. The molecule has 0 aliphatic carbocycles. The molecular formula is C12H13N3O5. The molecule has 2 heterocycles. The summed E-state index contributed by atoms with van der Waals surface area (Å²) in [7, 11) is 0. The highest BCUT2D eigenvalue weighted by Gasteiger charge is 2.14. The van der Waals surface area contributed by atoms with Crippen LogP contribution in [-0.4, -0.2) is 22.3 Å². The molecule has 2 rings (SSSR count). The Kier molecular flexibility index (Phi) is 4.04. The lowest BCUT2D eigenvalue weighted by atomic mass is 10.2. The lowest BCUT2D eigenvalue weighted by molar-refractivity contribution is 0.0695. The third kappa shape index (κ3) is 3.37. The Bertz CT molecular complexity index is 603. The minimum absolute atomic E-state index is 0.0878. The number of aromatic carboxylic acids is 1. The van der Waals surface area contributed by atoms with Gasteiger partial charge in [0.05, 0.1) is 13.1 Å². The number of hydrogen-bond acceptors (Lipinski definition) is 5. The number of rotatable bonds is 5. The van der Waals surface area contributed by atoms with Crippen LogP contribution in [-0.2, 0) is 13.1 Å². The zero-order valence-electron chi connectivity index (χ0n) is 10.7. The number of nitrogens with zero attached hydrogens (tertiary/aromatic N) is 1. The molecule has 20 heavy (non-hydrogen) atoms. The van der Waals surface area contributed by atoms with Gasteiger partial charge in [-0.2, -0.15) is 0 Å². The van der Waals surface area contributed by atoms with Gasteiger partial charge in [-0.3, -0.25) is 0 Å². The van der Waals surface area contributed by atoms with Crippen molar-refractivity contribution in [3.05, 3.63) is 41.2 Å². The summed E-state index contributed by atoms with van der Waals surface area (Å²) in [4.78, 5) is 22.3. The Morgan fingerprint density at radius 2 is 2.10 bits per heavy atom. The van der Waals surface area contributed by atoms with E-state index in [1.165, 1.54) is 12.3 Å². The van der Waals surface area contributed by atoms with Crippen molar-refractivity contribution >= 4 is 12.0 Å². The van der Waals surface area contributed by atoms with Crippen molar-refractivity contribution in [3.8, 4) is 0 Å². The maximum Gasteiger partial charge on any atom is 0.339 e. The van der Waals surface area contributed by atoms with Crippen molar-refractivity contribution in [2.75, 3.05) is 0 Å². The minimum atomic E-state index is -1.06. The van der Waals surface area contributed by atoms with Crippen LogP contribution in [0.15, 0.2) is 27.3 Å². The first-order valence-corrected chi connectivity index (χ1v) is 5.80. The van der Waals surface area contributed by atoms with Gasteiger partial charge in [0.1, 0.15) is 29.0 Å². The number of carbonyl (C=O) groups excluding carboxylic acids is 1.